The molecule has 1 heterocycles. The minimum absolute atomic E-state index is 0.261. The molecule has 3 atom stereocenters. The highest BCUT2D eigenvalue weighted by Crippen LogP contribution is 2.38. The Bertz CT molecular complexity index is 410. The van der Waals surface area contributed by atoms with Gasteiger partial charge < -0.3 is 19.7 Å². The standard InChI is InChI=1S/C17H30O5/c1-6-21-15(19)11-12(2)7-8-13(18)17(5)10-9-14(22-17)16(3,4)20/h11,13-14,18,20H,6-10H2,1-5H3/b12-11+/t13-,14+,17-/m0/s1. The van der Waals surface area contributed by atoms with Gasteiger partial charge in [-0.2, -0.15) is 0 Å². The largest absolute Gasteiger partial charge is 0.463 e. The molecule has 0 bridgehead atoms. The molecular weight excluding hydrogens is 284 g/mol. The molecule has 0 aliphatic carbocycles. The summed E-state index contributed by atoms with van der Waals surface area (Å²) in [7, 11) is 0. The van der Waals surface area contributed by atoms with E-state index in [1.54, 1.807) is 20.8 Å². The van der Waals surface area contributed by atoms with Gasteiger partial charge in [0, 0.05) is 6.08 Å². The molecule has 0 aromatic rings. The van der Waals surface area contributed by atoms with Crippen LogP contribution in [0.3, 0.4) is 0 Å². The second-order valence-corrected chi connectivity index (χ2v) is 6.91. The summed E-state index contributed by atoms with van der Waals surface area (Å²) >= 11 is 0. The van der Waals surface area contributed by atoms with Gasteiger partial charge in [-0.1, -0.05) is 5.57 Å². The summed E-state index contributed by atoms with van der Waals surface area (Å²) in [4.78, 5) is 11.4. The molecule has 0 saturated carbocycles. The van der Waals surface area contributed by atoms with Gasteiger partial charge in [-0.05, 0) is 60.3 Å². The molecule has 22 heavy (non-hydrogen) atoms. The van der Waals surface area contributed by atoms with E-state index in [0.29, 0.717) is 25.9 Å². The minimum atomic E-state index is -0.906. The third-order valence-electron chi connectivity index (χ3n) is 4.27. The molecule has 1 aliphatic rings. The predicted octanol–water partition coefficient (Wildman–Crippen LogP) is 2.35. The molecule has 0 unspecified atom stereocenters. The van der Waals surface area contributed by atoms with Crippen LogP contribution in [0.25, 0.3) is 0 Å². The molecule has 0 aromatic carbocycles. The fourth-order valence-corrected chi connectivity index (χ4v) is 2.73. The van der Waals surface area contributed by atoms with Gasteiger partial charge in [0.15, 0.2) is 0 Å². The lowest BCUT2D eigenvalue weighted by Gasteiger charge is -2.33. The number of hydrogen-bond acceptors (Lipinski definition) is 5. The first kappa shape index (κ1) is 19.1. The van der Waals surface area contributed by atoms with Crippen molar-refractivity contribution in [1.82, 2.24) is 0 Å². The van der Waals surface area contributed by atoms with Gasteiger partial charge in [-0.15, -0.1) is 0 Å². The molecule has 1 aliphatic heterocycles. The van der Waals surface area contributed by atoms with Crippen molar-refractivity contribution in [1.29, 1.82) is 0 Å². The Balaban J connectivity index is 2.52. The summed E-state index contributed by atoms with van der Waals surface area (Å²) in [5.74, 6) is -0.347. The van der Waals surface area contributed by atoms with Crippen LogP contribution in [0.4, 0.5) is 0 Å². The number of carbonyl (C=O) groups is 1. The van der Waals surface area contributed by atoms with Crippen molar-refractivity contribution in [2.75, 3.05) is 6.61 Å². The van der Waals surface area contributed by atoms with Gasteiger partial charge in [0.25, 0.3) is 0 Å². The maximum Gasteiger partial charge on any atom is 0.330 e. The van der Waals surface area contributed by atoms with E-state index >= 15 is 0 Å². The van der Waals surface area contributed by atoms with E-state index in [-0.39, 0.29) is 12.1 Å². The first-order chi connectivity index (χ1) is 10.1. The molecule has 0 aromatic heterocycles. The Hall–Kier alpha value is -0.910. The molecule has 2 N–H and O–H groups in total. The first-order valence-corrected chi connectivity index (χ1v) is 8.00. The monoisotopic (exact) mass is 314 g/mol. The SMILES string of the molecule is CCOC(=O)/C=C(\C)CC[C@H](O)[C@]1(C)CC[C@H](C(C)(C)O)O1. The van der Waals surface area contributed by atoms with E-state index < -0.39 is 17.3 Å². The average Bonchev–Trinajstić information content (AvgIpc) is 2.80. The average molecular weight is 314 g/mol. The number of carbonyl (C=O) groups excluding carboxylic acids is 1. The summed E-state index contributed by atoms with van der Waals surface area (Å²) in [6, 6.07) is 0. The highest BCUT2D eigenvalue weighted by molar-refractivity contribution is 5.82. The molecule has 0 amide bonds. The lowest BCUT2D eigenvalue weighted by molar-refractivity contribution is -0.153. The van der Waals surface area contributed by atoms with Crippen molar-refractivity contribution in [2.24, 2.45) is 0 Å². The van der Waals surface area contributed by atoms with Crippen molar-refractivity contribution in [2.45, 2.75) is 83.7 Å². The zero-order chi connectivity index (χ0) is 17.0. The van der Waals surface area contributed by atoms with Crippen molar-refractivity contribution in [3.05, 3.63) is 11.6 Å². The van der Waals surface area contributed by atoms with Crippen LogP contribution in [-0.2, 0) is 14.3 Å². The van der Waals surface area contributed by atoms with Crippen molar-refractivity contribution in [3.8, 4) is 0 Å². The quantitative estimate of drug-likeness (QED) is 0.557. The number of esters is 1. The van der Waals surface area contributed by atoms with Gasteiger partial charge in [0.2, 0.25) is 0 Å². The summed E-state index contributed by atoms with van der Waals surface area (Å²) < 4.78 is 10.8. The lowest BCUT2D eigenvalue weighted by atomic mass is 9.90. The Morgan fingerprint density at radius 2 is 2.18 bits per heavy atom. The fraction of sp³-hybridized carbons (Fsp3) is 0.824. The molecule has 0 spiro atoms. The molecule has 0 radical (unpaired) electrons. The third-order valence-corrected chi connectivity index (χ3v) is 4.27. The van der Waals surface area contributed by atoms with E-state index in [9.17, 15) is 15.0 Å². The Labute approximate surface area is 133 Å². The van der Waals surface area contributed by atoms with Gasteiger partial charge in [0.1, 0.15) is 0 Å². The minimum Gasteiger partial charge on any atom is -0.463 e. The maximum atomic E-state index is 11.4. The molecule has 128 valence electrons. The topological polar surface area (TPSA) is 76.0 Å². The maximum absolute atomic E-state index is 11.4. The number of ether oxygens (including phenoxy) is 2. The van der Waals surface area contributed by atoms with Crippen molar-refractivity contribution in [3.63, 3.8) is 0 Å². The lowest BCUT2D eigenvalue weighted by Crippen LogP contribution is -2.43. The van der Waals surface area contributed by atoms with Gasteiger partial charge >= 0.3 is 5.97 Å². The molecular formula is C17H30O5. The zero-order valence-electron chi connectivity index (χ0n) is 14.4. The second-order valence-electron chi connectivity index (χ2n) is 6.91. The molecule has 1 saturated heterocycles. The normalized spacial score (nSPS) is 27.8. The third kappa shape index (κ3) is 5.38. The molecule has 1 fully saturated rings. The molecule has 5 nitrogen and oxygen atoms in total. The van der Waals surface area contributed by atoms with Crippen LogP contribution in [0.15, 0.2) is 11.6 Å². The zero-order valence-corrected chi connectivity index (χ0v) is 14.4. The Morgan fingerprint density at radius 3 is 2.68 bits per heavy atom. The number of allylic oxidation sites excluding steroid dienone is 1. The highest BCUT2D eigenvalue weighted by atomic mass is 16.5. The number of aliphatic hydroxyl groups excluding tert-OH is 1. The van der Waals surface area contributed by atoms with Gasteiger partial charge in [0.05, 0.1) is 30.0 Å². The first-order valence-electron chi connectivity index (χ1n) is 8.00. The van der Waals surface area contributed by atoms with E-state index in [1.807, 2.05) is 13.8 Å². The summed E-state index contributed by atoms with van der Waals surface area (Å²) in [6.07, 6.45) is 3.13. The van der Waals surface area contributed by atoms with Crippen LogP contribution in [0.2, 0.25) is 0 Å². The summed E-state index contributed by atoms with van der Waals surface area (Å²) in [5.41, 5.74) is -0.676. The number of rotatable bonds is 7. The smallest absolute Gasteiger partial charge is 0.330 e. The van der Waals surface area contributed by atoms with Crippen molar-refractivity contribution < 1.29 is 24.5 Å². The Kier molecular flexibility index (Phi) is 6.59. The van der Waals surface area contributed by atoms with Crippen LogP contribution in [0, 0.1) is 0 Å². The Morgan fingerprint density at radius 1 is 1.55 bits per heavy atom. The summed E-state index contributed by atoms with van der Waals surface area (Å²) in [6.45, 7) is 9.30. The van der Waals surface area contributed by atoms with Gasteiger partial charge in [-0.25, -0.2) is 4.79 Å². The van der Waals surface area contributed by atoms with Crippen LogP contribution in [-0.4, -0.2) is 46.2 Å². The predicted molar refractivity (Wildman–Crippen MR) is 84.4 cm³/mol. The van der Waals surface area contributed by atoms with Crippen LogP contribution >= 0.6 is 0 Å². The fourth-order valence-electron chi connectivity index (χ4n) is 2.73. The van der Waals surface area contributed by atoms with Crippen LogP contribution in [0.5, 0.6) is 0 Å². The highest BCUT2D eigenvalue weighted by Gasteiger charge is 2.46. The summed E-state index contributed by atoms with van der Waals surface area (Å²) in [5, 5.41) is 20.5. The van der Waals surface area contributed by atoms with Crippen molar-refractivity contribution >= 4 is 5.97 Å². The van der Waals surface area contributed by atoms with E-state index in [1.165, 1.54) is 6.08 Å². The number of hydrogen-bond donors (Lipinski definition) is 2. The van der Waals surface area contributed by atoms with E-state index in [2.05, 4.69) is 0 Å². The molecule has 1 rings (SSSR count). The van der Waals surface area contributed by atoms with Gasteiger partial charge in [-0.3, -0.25) is 0 Å². The molecule has 5 heteroatoms. The van der Waals surface area contributed by atoms with E-state index in [4.69, 9.17) is 9.47 Å². The number of aliphatic hydroxyl groups is 2. The second kappa shape index (κ2) is 7.57. The van der Waals surface area contributed by atoms with E-state index in [0.717, 1.165) is 12.0 Å². The van der Waals surface area contributed by atoms with Crippen LogP contribution < -0.4 is 0 Å². The van der Waals surface area contributed by atoms with Crippen LogP contribution in [0.1, 0.15) is 60.3 Å².